The van der Waals surface area contributed by atoms with Gasteiger partial charge < -0.3 is 20.3 Å². The van der Waals surface area contributed by atoms with Gasteiger partial charge in [0.15, 0.2) is 0 Å². The van der Waals surface area contributed by atoms with Crippen molar-refractivity contribution >= 4 is 28.3 Å². The Morgan fingerprint density at radius 1 is 1.09 bits per heavy atom. The molecule has 1 saturated heterocycles. The highest BCUT2D eigenvalue weighted by Gasteiger charge is 2.19. The number of benzene rings is 2. The fraction of sp³-hybridized carbons (Fsp3) is 0.423. The van der Waals surface area contributed by atoms with Gasteiger partial charge in [0.1, 0.15) is 5.75 Å². The average Bonchev–Trinajstić information content (AvgIpc) is 2.87. The molecule has 9 heteroatoms. The number of ether oxygens (including phenoxy) is 1. The normalized spacial score (nSPS) is 14.9. The number of nitrogens with zero attached hydrogens (tertiary/aromatic N) is 5. The summed E-state index contributed by atoms with van der Waals surface area (Å²) in [7, 11) is 7.63. The van der Waals surface area contributed by atoms with Crippen molar-refractivity contribution in [1.82, 2.24) is 24.7 Å². The Balaban J connectivity index is 1.51. The van der Waals surface area contributed by atoms with E-state index in [4.69, 9.17) is 4.74 Å². The minimum atomic E-state index is -0.0217. The number of amides is 1. The van der Waals surface area contributed by atoms with Crippen LogP contribution in [0.3, 0.4) is 0 Å². The first-order chi connectivity index (χ1) is 16.9. The van der Waals surface area contributed by atoms with Crippen LogP contribution in [0.2, 0.25) is 0 Å². The molecule has 0 atom stereocenters. The van der Waals surface area contributed by atoms with Crippen molar-refractivity contribution in [3.05, 3.63) is 42.6 Å². The van der Waals surface area contributed by atoms with E-state index in [9.17, 15) is 4.79 Å². The summed E-state index contributed by atoms with van der Waals surface area (Å²) in [5.41, 5.74) is 2.44. The molecule has 1 amide bonds. The summed E-state index contributed by atoms with van der Waals surface area (Å²) in [5, 5.41) is 8.06. The molecule has 0 unspecified atom stereocenters. The quantitative estimate of drug-likeness (QED) is 0.486. The van der Waals surface area contributed by atoms with Crippen LogP contribution in [0.1, 0.15) is 0 Å². The number of hydrogen-bond acceptors (Lipinski definition) is 8. The molecule has 1 fully saturated rings. The summed E-state index contributed by atoms with van der Waals surface area (Å²) in [4.78, 5) is 28.7. The van der Waals surface area contributed by atoms with Crippen molar-refractivity contribution < 1.29 is 9.53 Å². The van der Waals surface area contributed by atoms with Gasteiger partial charge in [0.25, 0.3) is 0 Å². The maximum Gasteiger partial charge on any atom is 0.238 e. The summed E-state index contributed by atoms with van der Waals surface area (Å²) >= 11 is 0. The zero-order valence-corrected chi connectivity index (χ0v) is 21.0. The van der Waals surface area contributed by atoms with Gasteiger partial charge >= 0.3 is 0 Å². The lowest BCUT2D eigenvalue weighted by atomic mass is 10.0. The van der Waals surface area contributed by atoms with E-state index in [-0.39, 0.29) is 5.91 Å². The van der Waals surface area contributed by atoms with E-state index in [0.717, 1.165) is 72.7 Å². The van der Waals surface area contributed by atoms with E-state index >= 15 is 0 Å². The van der Waals surface area contributed by atoms with Crippen LogP contribution >= 0.6 is 0 Å². The van der Waals surface area contributed by atoms with Crippen molar-refractivity contribution in [3.8, 4) is 17.0 Å². The maximum atomic E-state index is 13.1. The molecule has 1 aromatic heterocycles. The van der Waals surface area contributed by atoms with Crippen molar-refractivity contribution in [2.45, 2.75) is 0 Å². The molecule has 1 aliphatic rings. The van der Waals surface area contributed by atoms with Gasteiger partial charge in [-0.05, 0) is 49.8 Å². The Bertz CT molecular complexity index is 1160. The number of rotatable bonds is 9. The zero-order valence-electron chi connectivity index (χ0n) is 21.0. The van der Waals surface area contributed by atoms with Crippen molar-refractivity contribution in [1.29, 1.82) is 0 Å². The third kappa shape index (κ3) is 6.45. The molecule has 1 aliphatic heterocycles. The molecule has 0 aliphatic carbocycles. The second-order valence-electron chi connectivity index (χ2n) is 9.10. The molecule has 2 heterocycles. The molecule has 35 heavy (non-hydrogen) atoms. The van der Waals surface area contributed by atoms with Crippen LogP contribution in [0.4, 0.5) is 11.6 Å². The van der Waals surface area contributed by atoms with Crippen molar-refractivity contribution in [3.63, 3.8) is 0 Å². The highest BCUT2D eigenvalue weighted by Crippen LogP contribution is 2.33. The first-order valence-electron chi connectivity index (χ1n) is 12.0. The van der Waals surface area contributed by atoms with Crippen LogP contribution in [0, 0.1) is 0 Å². The molecular formula is C26H35N7O2. The molecule has 0 spiro atoms. The fourth-order valence-electron chi connectivity index (χ4n) is 4.26. The summed E-state index contributed by atoms with van der Waals surface area (Å²) in [6.45, 7) is 6.24. The second-order valence-corrected chi connectivity index (χ2v) is 9.10. The minimum Gasteiger partial charge on any atom is -0.497 e. The predicted octanol–water partition coefficient (Wildman–Crippen LogP) is 2.46. The Labute approximate surface area is 207 Å². The maximum absolute atomic E-state index is 13.1. The number of piperazine rings is 1. The number of carbonyl (C=O) groups excluding carboxylic acids is 1. The van der Waals surface area contributed by atoms with Gasteiger partial charge in [0.2, 0.25) is 11.9 Å². The first kappa shape index (κ1) is 24.8. The Kier molecular flexibility index (Phi) is 8.12. The van der Waals surface area contributed by atoms with Crippen molar-refractivity contribution in [2.24, 2.45) is 0 Å². The Morgan fingerprint density at radius 3 is 2.57 bits per heavy atom. The largest absolute Gasteiger partial charge is 0.497 e. The molecule has 4 rings (SSSR count). The van der Waals surface area contributed by atoms with Gasteiger partial charge in [0, 0.05) is 69.2 Å². The third-order valence-electron chi connectivity index (χ3n) is 6.31. The minimum absolute atomic E-state index is 0.0217. The number of nitrogens with one attached hydrogen (secondary N) is 2. The SMILES string of the molecule is CNc1nccc(-c2cc(NC(=O)CN3CCN(CCN(C)C)CC3)c3cc(OC)ccc3c2)n1. The van der Waals surface area contributed by atoms with Gasteiger partial charge in [-0.15, -0.1) is 0 Å². The number of carbonyl (C=O) groups is 1. The van der Waals surface area contributed by atoms with E-state index in [0.29, 0.717) is 12.5 Å². The highest BCUT2D eigenvalue weighted by molar-refractivity contribution is 6.05. The van der Waals surface area contributed by atoms with E-state index < -0.39 is 0 Å². The number of fused-ring (bicyclic) bond motifs is 1. The van der Waals surface area contributed by atoms with Gasteiger partial charge in [-0.25, -0.2) is 9.97 Å². The number of methoxy groups -OCH3 is 1. The average molecular weight is 478 g/mol. The molecule has 2 aromatic carbocycles. The molecule has 0 bridgehead atoms. The molecule has 0 saturated carbocycles. The summed E-state index contributed by atoms with van der Waals surface area (Å²) in [6, 6.07) is 11.8. The van der Waals surface area contributed by atoms with E-state index in [1.165, 1.54) is 0 Å². The van der Waals surface area contributed by atoms with Crippen molar-refractivity contribution in [2.75, 3.05) is 84.7 Å². The zero-order chi connectivity index (χ0) is 24.8. The summed E-state index contributed by atoms with van der Waals surface area (Å²) in [5.74, 6) is 1.27. The molecular weight excluding hydrogens is 442 g/mol. The van der Waals surface area contributed by atoms with E-state index in [1.807, 2.05) is 30.3 Å². The lowest BCUT2D eigenvalue weighted by Gasteiger charge is -2.34. The number of anilines is 2. The monoisotopic (exact) mass is 477 g/mol. The van der Waals surface area contributed by atoms with Gasteiger partial charge in [-0.1, -0.05) is 6.07 Å². The number of aromatic nitrogens is 2. The highest BCUT2D eigenvalue weighted by atomic mass is 16.5. The van der Waals surface area contributed by atoms with Gasteiger partial charge in [0.05, 0.1) is 19.3 Å². The molecule has 2 N–H and O–H groups in total. The molecule has 9 nitrogen and oxygen atoms in total. The van der Waals surface area contributed by atoms with Crippen LogP contribution in [0.15, 0.2) is 42.6 Å². The number of likely N-dealkylation sites (N-methyl/N-ethyl adjacent to an activating group) is 1. The van der Waals surface area contributed by atoms with Crippen LogP contribution in [-0.4, -0.2) is 105 Å². The molecule has 0 radical (unpaired) electrons. The third-order valence-corrected chi connectivity index (χ3v) is 6.31. The molecule has 3 aromatic rings. The van der Waals surface area contributed by atoms with Crippen LogP contribution < -0.4 is 15.4 Å². The van der Waals surface area contributed by atoms with E-state index in [2.05, 4.69) is 55.5 Å². The van der Waals surface area contributed by atoms with Gasteiger partial charge in [-0.3, -0.25) is 14.6 Å². The summed E-state index contributed by atoms with van der Waals surface area (Å²) < 4.78 is 5.44. The topological polar surface area (TPSA) is 85.9 Å². The van der Waals surface area contributed by atoms with Crippen LogP contribution in [0.25, 0.3) is 22.0 Å². The molecule has 186 valence electrons. The lowest BCUT2D eigenvalue weighted by Crippen LogP contribution is -2.49. The Hall–Kier alpha value is -3.27. The second kappa shape index (κ2) is 11.4. The smallest absolute Gasteiger partial charge is 0.238 e. The summed E-state index contributed by atoms with van der Waals surface area (Å²) in [6.07, 6.45) is 1.73. The fourth-order valence-corrected chi connectivity index (χ4v) is 4.26. The van der Waals surface area contributed by atoms with E-state index in [1.54, 1.807) is 20.4 Å². The standard InChI is InChI=1S/C26H35N7O2/c1-27-26-28-8-7-23(30-26)20-15-19-5-6-21(35-4)17-22(19)24(16-20)29-25(34)18-33-13-11-32(12-14-33)10-9-31(2)3/h5-8,15-17H,9-14,18H2,1-4H3,(H,29,34)(H,27,28,30). The van der Waals surface area contributed by atoms with Gasteiger partial charge in [-0.2, -0.15) is 0 Å². The predicted molar refractivity (Wildman–Crippen MR) is 141 cm³/mol. The Morgan fingerprint density at radius 2 is 1.86 bits per heavy atom. The lowest BCUT2D eigenvalue weighted by molar-refractivity contribution is -0.117. The number of hydrogen-bond donors (Lipinski definition) is 2. The first-order valence-corrected chi connectivity index (χ1v) is 12.0. The van der Waals surface area contributed by atoms with Crippen LogP contribution in [0.5, 0.6) is 5.75 Å². The van der Waals surface area contributed by atoms with Crippen LogP contribution in [-0.2, 0) is 4.79 Å².